The van der Waals surface area contributed by atoms with Gasteiger partial charge < -0.3 is 14.4 Å². The fraction of sp³-hybridized carbons (Fsp3) is 0.182. The third-order valence-corrected chi connectivity index (χ3v) is 5.40. The number of esters is 1. The Balaban J connectivity index is 1.89. The molecule has 0 radical (unpaired) electrons. The second-order valence-corrected chi connectivity index (χ2v) is 6.95. The van der Waals surface area contributed by atoms with Gasteiger partial charge in [0.25, 0.3) is 0 Å². The van der Waals surface area contributed by atoms with Crippen LogP contribution in [0.25, 0.3) is 0 Å². The lowest BCUT2D eigenvalue weighted by Crippen LogP contribution is -2.57. The first-order chi connectivity index (χ1) is 14.4. The summed E-state index contributed by atoms with van der Waals surface area (Å²) in [5, 5.41) is 0. The van der Waals surface area contributed by atoms with Gasteiger partial charge in [0.1, 0.15) is 11.3 Å². The molecule has 0 fully saturated rings. The summed E-state index contributed by atoms with van der Waals surface area (Å²) in [7, 11) is 0. The summed E-state index contributed by atoms with van der Waals surface area (Å²) in [5.74, 6) is -5.27. The van der Waals surface area contributed by atoms with Gasteiger partial charge in [0, 0.05) is 5.57 Å². The summed E-state index contributed by atoms with van der Waals surface area (Å²) < 4.78 is 55.8. The summed E-state index contributed by atoms with van der Waals surface area (Å²) in [6.07, 6.45) is 3.58. The van der Waals surface area contributed by atoms with Gasteiger partial charge in [-0.1, -0.05) is 30.4 Å². The van der Waals surface area contributed by atoms with Crippen molar-refractivity contribution >= 4 is 17.4 Å². The summed E-state index contributed by atoms with van der Waals surface area (Å²) in [4.78, 5) is 26.8. The van der Waals surface area contributed by atoms with Crippen LogP contribution in [0.3, 0.4) is 0 Å². The molecule has 2 unspecified atom stereocenters. The summed E-state index contributed by atoms with van der Waals surface area (Å²) >= 11 is 0. The highest BCUT2D eigenvalue weighted by Gasteiger charge is 2.59. The number of carbonyl (C=O) groups is 2. The fourth-order valence-electron chi connectivity index (χ4n) is 4.23. The molecule has 2 aliphatic heterocycles. The minimum atomic E-state index is -2.50. The first-order valence-electron chi connectivity index (χ1n) is 9.26. The van der Waals surface area contributed by atoms with Crippen LogP contribution in [0.15, 0.2) is 82.6 Å². The molecule has 152 valence electrons. The van der Waals surface area contributed by atoms with E-state index in [0.29, 0.717) is 0 Å². The third-order valence-electron chi connectivity index (χ3n) is 5.40. The number of Topliss-reactive ketones (excluding diaryl/α,β-unsaturated/α-hetero) is 1. The maximum atomic E-state index is 15.1. The first kappa shape index (κ1) is 18.5. The van der Waals surface area contributed by atoms with E-state index in [2.05, 4.69) is 0 Å². The molecule has 0 N–H and O–H groups in total. The second kappa shape index (κ2) is 6.22. The van der Waals surface area contributed by atoms with E-state index in [-0.39, 0.29) is 29.3 Å². The smallest absolute Gasteiger partial charge is 0.342 e. The maximum absolute atomic E-state index is 15.1. The van der Waals surface area contributed by atoms with Crippen molar-refractivity contribution in [1.29, 1.82) is 0 Å². The first-order valence-corrected chi connectivity index (χ1v) is 9.26. The topological polar surface area (TPSA) is 55.8 Å². The summed E-state index contributed by atoms with van der Waals surface area (Å²) in [6, 6.07) is 6.25. The van der Waals surface area contributed by atoms with Gasteiger partial charge in [-0.15, -0.1) is 0 Å². The van der Waals surface area contributed by atoms with Gasteiger partial charge in [-0.3, -0.25) is 4.79 Å². The predicted octanol–water partition coefficient (Wildman–Crippen LogP) is 3.91. The van der Waals surface area contributed by atoms with Gasteiger partial charge in [0.05, 0.1) is 23.6 Å². The van der Waals surface area contributed by atoms with E-state index in [1.165, 1.54) is 18.2 Å². The highest BCUT2D eigenvalue weighted by atomic mass is 19.2. The number of alkyl halides is 1. The van der Waals surface area contributed by atoms with Crippen LogP contribution in [-0.4, -0.2) is 30.3 Å². The zero-order valence-corrected chi connectivity index (χ0v) is 15.6. The lowest BCUT2D eigenvalue weighted by Gasteiger charge is -2.51. The number of fused-ring (bicyclic) bond motifs is 2. The van der Waals surface area contributed by atoms with Crippen LogP contribution in [-0.2, 0) is 14.3 Å². The van der Waals surface area contributed by atoms with Crippen molar-refractivity contribution in [2.75, 3.05) is 11.5 Å². The number of benzene rings is 1. The van der Waals surface area contributed by atoms with E-state index in [0.717, 1.165) is 4.90 Å². The largest absolute Gasteiger partial charge is 0.470 e. The molecule has 0 aromatic heterocycles. The molecule has 2 aliphatic carbocycles. The molecule has 30 heavy (non-hydrogen) atoms. The van der Waals surface area contributed by atoms with Crippen LogP contribution in [0, 0.1) is 0 Å². The molecule has 4 aliphatic rings. The molecule has 0 saturated carbocycles. The molecular weight excluding hydrogens is 399 g/mol. The Bertz CT molecular complexity index is 1180. The van der Waals surface area contributed by atoms with Crippen LogP contribution in [0.1, 0.15) is 6.92 Å². The molecule has 0 amide bonds. The minimum absolute atomic E-state index is 0.0313. The number of ether oxygens (including phenoxy) is 2. The number of rotatable bonds is 2. The van der Waals surface area contributed by atoms with Crippen molar-refractivity contribution in [3.05, 3.63) is 82.6 Å². The normalized spacial score (nSPS) is 26.3. The van der Waals surface area contributed by atoms with E-state index < -0.39 is 46.4 Å². The molecule has 2 heterocycles. The van der Waals surface area contributed by atoms with Crippen molar-refractivity contribution < 1.29 is 32.2 Å². The molecule has 1 aromatic carbocycles. The average Bonchev–Trinajstić information content (AvgIpc) is 2.74. The zero-order valence-electron chi connectivity index (χ0n) is 15.6. The average molecular weight is 413 g/mol. The molecule has 0 saturated heterocycles. The Morgan fingerprint density at radius 2 is 2.03 bits per heavy atom. The second-order valence-electron chi connectivity index (χ2n) is 6.95. The third kappa shape index (κ3) is 2.13. The Morgan fingerprint density at radius 3 is 2.80 bits per heavy atom. The standard InChI is InChI=1S/C22H14F3NO4/c1-2-29-21(28)14-11-7-5-6-10-22(11)19-15(18(14)27)16(23)17(24)20(25)26(19)12-8-3-4-9-13(12)30-22/h3-10,20H,2H2,1H3. The number of hydrogen-bond donors (Lipinski definition) is 0. The van der Waals surface area contributed by atoms with E-state index >= 15 is 4.39 Å². The van der Waals surface area contributed by atoms with Gasteiger partial charge in [-0.25, -0.2) is 18.0 Å². The predicted molar refractivity (Wildman–Crippen MR) is 100 cm³/mol. The van der Waals surface area contributed by atoms with Crippen LogP contribution in [0.4, 0.5) is 18.9 Å². The van der Waals surface area contributed by atoms with Crippen LogP contribution in [0.5, 0.6) is 5.75 Å². The lowest BCUT2D eigenvalue weighted by molar-refractivity contribution is -0.140. The van der Waals surface area contributed by atoms with E-state index in [1.54, 1.807) is 37.3 Å². The van der Waals surface area contributed by atoms with Crippen molar-refractivity contribution in [3.63, 3.8) is 0 Å². The molecule has 0 bridgehead atoms. The summed E-state index contributed by atoms with van der Waals surface area (Å²) in [6.45, 7) is 1.52. The lowest BCUT2D eigenvalue weighted by atomic mass is 9.72. The number of nitrogens with zero attached hydrogens (tertiary/aromatic N) is 1. The molecule has 2 atom stereocenters. The molecule has 1 aromatic rings. The van der Waals surface area contributed by atoms with Gasteiger partial charge in [-0.2, -0.15) is 0 Å². The van der Waals surface area contributed by atoms with Crippen LogP contribution in [0.2, 0.25) is 0 Å². The van der Waals surface area contributed by atoms with Gasteiger partial charge in [0.15, 0.2) is 17.3 Å². The number of anilines is 1. The number of allylic oxidation sites excluding steroid dienone is 4. The van der Waals surface area contributed by atoms with Crippen LogP contribution < -0.4 is 9.64 Å². The Kier molecular flexibility index (Phi) is 3.83. The van der Waals surface area contributed by atoms with Gasteiger partial charge >= 0.3 is 5.97 Å². The molecule has 8 heteroatoms. The minimum Gasteiger partial charge on any atom is -0.470 e. The zero-order chi connectivity index (χ0) is 21.2. The molecule has 5 rings (SSSR count). The van der Waals surface area contributed by atoms with Crippen molar-refractivity contribution in [3.8, 4) is 5.75 Å². The molecular formula is C22H14F3NO4. The monoisotopic (exact) mass is 413 g/mol. The van der Waals surface area contributed by atoms with Crippen molar-refractivity contribution in [2.45, 2.75) is 18.8 Å². The fourth-order valence-corrected chi connectivity index (χ4v) is 4.23. The number of carbonyl (C=O) groups excluding carboxylic acids is 2. The summed E-state index contributed by atoms with van der Waals surface area (Å²) in [5.41, 5.74) is -2.91. The Hall–Kier alpha value is -3.55. The molecule has 5 nitrogen and oxygen atoms in total. The van der Waals surface area contributed by atoms with Crippen LogP contribution >= 0.6 is 0 Å². The van der Waals surface area contributed by atoms with Crippen molar-refractivity contribution in [2.24, 2.45) is 0 Å². The SMILES string of the molecule is CCOC(=O)C1=C2C=CC=CC23Oc2ccccc2N2C3=C(C1=O)C(F)=C(F)C2F. The highest BCUT2D eigenvalue weighted by molar-refractivity contribution is 6.28. The number of hydrogen-bond acceptors (Lipinski definition) is 5. The number of para-hydroxylation sites is 2. The maximum Gasteiger partial charge on any atom is 0.342 e. The van der Waals surface area contributed by atoms with Gasteiger partial charge in [-0.05, 0) is 25.1 Å². The number of ketones is 1. The van der Waals surface area contributed by atoms with E-state index in [4.69, 9.17) is 9.47 Å². The quantitative estimate of drug-likeness (QED) is 0.418. The van der Waals surface area contributed by atoms with E-state index in [9.17, 15) is 18.4 Å². The highest BCUT2D eigenvalue weighted by Crippen LogP contribution is 2.56. The molecule has 1 spiro atoms. The van der Waals surface area contributed by atoms with Gasteiger partial charge in [0.2, 0.25) is 12.1 Å². The van der Waals surface area contributed by atoms with Crippen molar-refractivity contribution in [1.82, 2.24) is 0 Å². The number of halogens is 3. The Labute approximate surface area is 169 Å². The van der Waals surface area contributed by atoms with E-state index in [1.807, 2.05) is 0 Å². The Morgan fingerprint density at radius 1 is 1.27 bits per heavy atom.